The first-order valence-electron chi connectivity index (χ1n) is 13.0. The number of hydrogen-bond donors (Lipinski definition) is 2. The van der Waals surface area contributed by atoms with Crippen molar-refractivity contribution in [1.29, 1.82) is 0 Å². The maximum Gasteiger partial charge on any atom is 0.417 e. The lowest BCUT2D eigenvalue weighted by Crippen LogP contribution is -2.44. The summed E-state index contributed by atoms with van der Waals surface area (Å²) in [5.41, 5.74) is 0.741. The average Bonchev–Trinajstić information content (AvgIpc) is 2.91. The van der Waals surface area contributed by atoms with Crippen LogP contribution in [-0.4, -0.2) is 55.4 Å². The minimum absolute atomic E-state index is 0.0289. The number of benzene rings is 1. The summed E-state index contributed by atoms with van der Waals surface area (Å²) in [6.45, 7) is 0.883. The van der Waals surface area contributed by atoms with E-state index in [1.807, 2.05) is 6.08 Å². The van der Waals surface area contributed by atoms with E-state index < -0.39 is 57.8 Å². The maximum atomic E-state index is 14.0. The number of allylic oxidation sites excluding steroid dienone is 1. The zero-order valence-corrected chi connectivity index (χ0v) is 22.7. The molecule has 1 aromatic carbocycles. The normalized spacial score (nSPS) is 20.6. The van der Waals surface area contributed by atoms with Crippen molar-refractivity contribution in [3.8, 4) is 11.6 Å². The van der Waals surface area contributed by atoms with Gasteiger partial charge in [-0.15, -0.1) is 0 Å². The van der Waals surface area contributed by atoms with Gasteiger partial charge in [-0.1, -0.05) is 31.1 Å². The van der Waals surface area contributed by atoms with Crippen molar-refractivity contribution in [3.63, 3.8) is 0 Å². The Hall–Kier alpha value is -3.32. The third-order valence-corrected chi connectivity index (χ3v) is 8.75. The zero-order chi connectivity index (χ0) is 29.1. The predicted octanol–water partition coefficient (Wildman–Crippen LogP) is 4.89. The van der Waals surface area contributed by atoms with Crippen LogP contribution in [-0.2, 0) is 21.0 Å². The summed E-state index contributed by atoms with van der Waals surface area (Å²) in [6, 6.07) is 5.40. The first-order valence-corrected chi connectivity index (χ1v) is 14.4. The van der Waals surface area contributed by atoms with E-state index in [4.69, 9.17) is 19.7 Å². The van der Waals surface area contributed by atoms with E-state index in [1.54, 1.807) is 18.2 Å². The molecule has 1 aliphatic carbocycles. The van der Waals surface area contributed by atoms with Crippen molar-refractivity contribution < 1.29 is 46.1 Å². The number of aromatic nitrogens is 1. The number of carboxylic acids is 1. The van der Waals surface area contributed by atoms with Gasteiger partial charge >= 0.3 is 12.1 Å². The number of aliphatic hydroxyl groups is 1. The Labute approximate surface area is 230 Å². The van der Waals surface area contributed by atoms with Crippen LogP contribution in [0.15, 0.2) is 40.9 Å². The highest BCUT2D eigenvalue weighted by Crippen LogP contribution is 2.42. The Bertz CT molecular complexity index is 1380. The van der Waals surface area contributed by atoms with Gasteiger partial charge in [-0.2, -0.15) is 13.2 Å². The molecule has 40 heavy (non-hydrogen) atoms. The molecular weight excluding hydrogens is 553 g/mol. The molecule has 0 saturated heterocycles. The Balaban J connectivity index is 1.82. The van der Waals surface area contributed by atoms with E-state index in [9.17, 15) is 26.4 Å². The molecule has 2 aromatic rings. The number of carbonyl (C=O) groups is 1. The minimum atomic E-state index is -4.88. The number of rotatable bonds is 9. The summed E-state index contributed by atoms with van der Waals surface area (Å²) in [5.74, 6) is -1.17. The second-order valence-corrected chi connectivity index (χ2v) is 11.7. The number of nitrogens with zero attached hydrogens (tertiary/aromatic N) is 2. The molecule has 0 radical (unpaired) electrons. The highest BCUT2D eigenvalue weighted by Gasteiger charge is 2.39. The molecule has 0 amide bonds. The third-order valence-electron chi connectivity index (χ3n) is 6.98. The van der Waals surface area contributed by atoms with Gasteiger partial charge < -0.3 is 19.7 Å². The second kappa shape index (κ2) is 12.0. The number of sulfonamides is 1. The van der Waals surface area contributed by atoms with Gasteiger partial charge in [0.15, 0.2) is 4.90 Å². The van der Waals surface area contributed by atoms with Crippen molar-refractivity contribution in [2.75, 3.05) is 24.1 Å². The molecule has 2 N–H and O–H groups in total. The Morgan fingerprint density at radius 2 is 2.05 bits per heavy atom. The number of alkyl halides is 3. The molecule has 0 bridgehead atoms. The highest BCUT2D eigenvalue weighted by molar-refractivity contribution is 7.93. The van der Waals surface area contributed by atoms with Gasteiger partial charge in [0.05, 0.1) is 24.4 Å². The van der Waals surface area contributed by atoms with Gasteiger partial charge in [0.1, 0.15) is 18.5 Å². The van der Waals surface area contributed by atoms with E-state index in [-0.39, 0.29) is 30.8 Å². The van der Waals surface area contributed by atoms with Crippen LogP contribution in [0.5, 0.6) is 11.6 Å². The summed E-state index contributed by atoms with van der Waals surface area (Å²) in [5, 5.41) is 18.3. The van der Waals surface area contributed by atoms with Crippen LogP contribution >= 0.6 is 0 Å². The first kappa shape index (κ1) is 29.7. The Kier molecular flexibility index (Phi) is 8.93. The van der Waals surface area contributed by atoms with Gasteiger partial charge in [-0.3, -0.25) is 9.10 Å². The molecule has 1 saturated carbocycles. The molecule has 2 aliphatic rings. The number of hydrogen-bond acceptors (Lipinski definition) is 7. The van der Waals surface area contributed by atoms with E-state index in [0.717, 1.165) is 30.0 Å². The number of anilines is 1. The number of ether oxygens (including phenoxy) is 2. The number of pyridine rings is 1. The molecule has 1 fully saturated rings. The van der Waals surface area contributed by atoms with Crippen LogP contribution in [0.1, 0.15) is 56.6 Å². The van der Waals surface area contributed by atoms with E-state index in [2.05, 4.69) is 11.9 Å². The van der Waals surface area contributed by atoms with Gasteiger partial charge in [-0.25, -0.2) is 13.4 Å². The van der Waals surface area contributed by atoms with Crippen molar-refractivity contribution in [2.45, 2.75) is 62.6 Å². The van der Waals surface area contributed by atoms with Gasteiger partial charge in [0.25, 0.3) is 10.0 Å². The number of carboxylic acid groups (broad SMARTS) is 1. The fourth-order valence-electron chi connectivity index (χ4n) is 4.86. The van der Waals surface area contributed by atoms with Crippen LogP contribution < -0.4 is 13.8 Å². The number of halogens is 3. The van der Waals surface area contributed by atoms with E-state index >= 15 is 0 Å². The van der Waals surface area contributed by atoms with Crippen molar-refractivity contribution >= 4 is 27.8 Å². The van der Waals surface area contributed by atoms with Crippen LogP contribution in [0.3, 0.4) is 0 Å². The average molecular weight is 585 g/mol. The minimum Gasteiger partial charge on any atom is -0.486 e. The molecule has 2 unspecified atom stereocenters. The van der Waals surface area contributed by atoms with Gasteiger partial charge in [0.2, 0.25) is 5.88 Å². The number of fused-ring (bicyclic) bond motifs is 1. The molecule has 2 atom stereocenters. The third kappa shape index (κ3) is 6.69. The van der Waals surface area contributed by atoms with E-state index in [1.165, 1.54) is 5.57 Å². The lowest BCUT2D eigenvalue weighted by molar-refractivity contribution is -0.138. The lowest BCUT2D eigenvalue weighted by atomic mass is 9.84. The van der Waals surface area contributed by atoms with E-state index in [0.29, 0.717) is 23.7 Å². The highest BCUT2D eigenvalue weighted by atomic mass is 32.2. The molecule has 13 heteroatoms. The van der Waals surface area contributed by atoms with Crippen LogP contribution in [0.25, 0.3) is 6.08 Å². The monoisotopic (exact) mass is 584 g/mol. The van der Waals surface area contributed by atoms with Crippen LogP contribution in [0.4, 0.5) is 18.9 Å². The standard InChI is InChI=1S/C27H31F3N2O7S/c1-17-4-2-3-5-19(17)12-18-6-8-23-22(13-18)32(16-21(39-23)7-9-25(34)35)40(36,37)24-14-20(27(28,29)30)15-31-26(24)38-11-10-33/h6,8,12-15,17,21,33H,2-5,7,9-11,16H2,1H3,(H,34,35). The molecule has 2 heterocycles. The van der Waals surface area contributed by atoms with Crippen LogP contribution in [0, 0.1) is 5.92 Å². The zero-order valence-electron chi connectivity index (χ0n) is 21.9. The Morgan fingerprint density at radius 1 is 1.27 bits per heavy atom. The summed E-state index contributed by atoms with van der Waals surface area (Å²) in [6.07, 6.45) is 0.515. The Morgan fingerprint density at radius 3 is 2.73 bits per heavy atom. The largest absolute Gasteiger partial charge is 0.486 e. The topological polar surface area (TPSA) is 126 Å². The summed E-state index contributed by atoms with van der Waals surface area (Å²) in [7, 11) is -4.74. The molecule has 9 nitrogen and oxygen atoms in total. The molecule has 1 aliphatic heterocycles. The number of aliphatic hydroxyl groups excluding tert-OH is 1. The fourth-order valence-corrected chi connectivity index (χ4v) is 6.47. The quantitative estimate of drug-likeness (QED) is 0.427. The first-order chi connectivity index (χ1) is 18.9. The smallest absolute Gasteiger partial charge is 0.417 e. The summed E-state index contributed by atoms with van der Waals surface area (Å²) >= 11 is 0. The van der Waals surface area contributed by atoms with Crippen molar-refractivity contribution in [1.82, 2.24) is 4.98 Å². The lowest BCUT2D eigenvalue weighted by Gasteiger charge is -2.36. The summed E-state index contributed by atoms with van der Waals surface area (Å²) in [4.78, 5) is 14.0. The second-order valence-electron chi connectivity index (χ2n) is 9.90. The molecular formula is C27H31F3N2O7S. The molecule has 4 rings (SSSR count). The van der Waals surface area contributed by atoms with Crippen LogP contribution in [0.2, 0.25) is 0 Å². The fraction of sp³-hybridized carbons (Fsp3) is 0.481. The number of aliphatic carboxylic acids is 1. The van der Waals surface area contributed by atoms with Crippen molar-refractivity contribution in [2.24, 2.45) is 5.92 Å². The molecule has 218 valence electrons. The van der Waals surface area contributed by atoms with Gasteiger partial charge in [0, 0.05) is 12.6 Å². The SMILES string of the molecule is CC1CCCCC1=Cc1ccc2c(c1)N(S(=O)(=O)c1cc(C(F)(F)F)cnc1OCCO)CC(CCC(=O)O)O2. The maximum absolute atomic E-state index is 14.0. The molecule has 1 aromatic heterocycles. The molecule has 0 spiro atoms. The predicted molar refractivity (Wildman–Crippen MR) is 140 cm³/mol. The summed E-state index contributed by atoms with van der Waals surface area (Å²) < 4.78 is 80.8. The van der Waals surface area contributed by atoms with Gasteiger partial charge in [-0.05, 0) is 55.4 Å². The van der Waals surface area contributed by atoms with Crippen molar-refractivity contribution in [3.05, 3.63) is 47.2 Å².